The summed E-state index contributed by atoms with van der Waals surface area (Å²) in [7, 11) is 0. The summed E-state index contributed by atoms with van der Waals surface area (Å²) in [6.45, 7) is 0. The van der Waals surface area contributed by atoms with Crippen LogP contribution in [-0.2, 0) is 9.59 Å². The molecule has 2 amide bonds. The SMILES string of the molecule is O=C(CC1SC(N2N=C(c3cccs3)CC2c2ccccc2)=NC1=O)Nc1ccccc1. The molecule has 0 saturated heterocycles. The number of rotatable bonds is 5. The third-order valence-electron chi connectivity index (χ3n) is 5.25. The first-order valence-electron chi connectivity index (χ1n) is 10.3. The lowest BCUT2D eigenvalue weighted by Gasteiger charge is -2.23. The number of benzene rings is 2. The van der Waals surface area contributed by atoms with Gasteiger partial charge in [0.15, 0.2) is 5.17 Å². The van der Waals surface area contributed by atoms with Gasteiger partial charge in [0.2, 0.25) is 5.91 Å². The highest BCUT2D eigenvalue weighted by molar-refractivity contribution is 8.15. The smallest absolute Gasteiger partial charge is 0.262 e. The monoisotopic (exact) mass is 460 g/mol. The summed E-state index contributed by atoms with van der Waals surface area (Å²) in [5.74, 6) is -0.498. The number of hydrogen-bond donors (Lipinski definition) is 1. The van der Waals surface area contributed by atoms with Gasteiger partial charge in [-0.25, -0.2) is 5.01 Å². The van der Waals surface area contributed by atoms with Crippen LogP contribution in [-0.4, -0.2) is 33.0 Å². The Balaban J connectivity index is 1.33. The fourth-order valence-electron chi connectivity index (χ4n) is 3.72. The molecule has 2 aliphatic heterocycles. The van der Waals surface area contributed by atoms with E-state index in [1.165, 1.54) is 11.8 Å². The first-order chi connectivity index (χ1) is 15.7. The van der Waals surface area contributed by atoms with E-state index in [-0.39, 0.29) is 24.3 Å². The van der Waals surface area contributed by atoms with Crippen molar-refractivity contribution < 1.29 is 9.59 Å². The van der Waals surface area contributed by atoms with Crippen LogP contribution >= 0.6 is 23.1 Å². The number of anilines is 1. The number of amides is 2. The van der Waals surface area contributed by atoms with Gasteiger partial charge in [-0.2, -0.15) is 10.1 Å². The molecule has 32 heavy (non-hydrogen) atoms. The Morgan fingerprint density at radius 3 is 2.50 bits per heavy atom. The van der Waals surface area contributed by atoms with Gasteiger partial charge in [0, 0.05) is 18.5 Å². The molecule has 5 rings (SSSR count). The number of thiophene rings is 1. The third kappa shape index (κ3) is 4.37. The van der Waals surface area contributed by atoms with Crippen LogP contribution in [0, 0.1) is 0 Å². The minimum Gasteiger partial charge on any atom is -0.326 e. The predicted octanol–water partition coefficient (Wildman–Crippen LogP) is 4.93. The molecule has 0 spiro atoms. The van der Waals surface area contributed by atoms with Crippen LogP contribution in [0.3, 0.4) is 0 Å². The van der Waals surface area contributed by atoms with Crippen molar-refractivity contribution in [1.29, 1.82) is 0 Å². The van der Waals surface area contributed by atoms with Gasteiger partial charge in [-0.05, 0) is 29.1 Å². The molecule has 2 aromatic carbocycles. The molecular weight excluding hydrogens is 440 g/mol. The fourth-order valence-corrected chi connectivity index (χ4v) is 5.50. The molecular formula is C24H20N4O2S2. The van der Waals surface area contributed by atoms with Gasteiger partial charge in [0.1, 0.15) is 5.25 Å². The number of carbonyl (C=O) groups excluding carboxylic acids is 2. The second-order valence-electron chi connectivity index (χ2n) is 7.46. The Kier molecular flexibility index (Phi) is 5.87. The second-order valence-corrected chi connectivity index (χ2v) is 9.57. The zero-order chi connectivity index (χ0) is 21.9. The molecule has 160 valence electrons. The number of nitrogens with one attached hydrogen (secondary N) is 1. The number of nitrogens with zero attached hydrogens (tertiary/aromatic N) is 3. The van der Waals surface area contributed by atoms with Gasteiger partial charge in [0.25, 0.3) is 5.91 Å². The second kappa shape index (κ2) is 9.10. The maximum absolute atomic E-state index is 12.6. The Morgan fingerprint density at radius 2 is 1.78 bits per heavy atom. The molecule has 0 aliphatic carbocycles. The summed E-state index contributed by atoms with van der Waals surface area (Å²) in [5, 5.41) is 11.6. The molecule has 0 saturated carbocycles. The highest BCUT2D eigenvalue weighted by Crippen LogP contribution is 2.39. The molecule has 2 unspecified atom stereocenters. The summed E-state index contributed by atoms with van der Waals surface area (Å²) in [6, 6.07) is 23.4. The van der Waals surface area contributed by atoms with Crippen LogP contribution in [0.2, 0.25) is 0 Å². The van der Waals surface area contributed by atoms with Gasteiger partial charge in [-0.1, -0.05) is 66.4 Å². The van der Waals surface area contributed by atoms with E-state index in [0.717, 1.165) is 22.6 Å². The standard InChI is InChI=1S/C24H20N4O2S2/c29-22(25-17-10-5-2-6-11-17)15-21-23(30)26-24(32-21)28-19(16-8-3-1-4-9-16)14-18(27-28)20-12-7-13-31-20/h1-13,19,21H,14-15H2,(H,25,29). The molecule has 0 bridgehead atoms. The van der Waals surface area contributed by atoms with Crippen LogP contribution in [0.5, 0.6) is 0 Å². The number of aliphatic imine (C=N–C) groups is 1. The molecule has 8 heteroatoms. The highest BCUT2D eigenvalue weighted by Gasteiger charge is 2.39. The average Bonchev–Trinajstić information content (AvgIpc) is 3.55. The number of hydrogen-bond acceptors (Lipinski definition) is 6. The fraction of sp³-hybridized carbons (Fsp3) is 0.167. The molecule has 0 fully saturated rings. The van der Waals surface area contributed by atoms with E-state index in [1.54, 1.807) is 11.3 Å². The van der Waals surface area contributed by atoms with Gasteiger partial charge in [0.05, 0.1) is 16.6 Å². The lowest BCUT2D eigenvalue weighted by atomic mass is 10.0. The predicted molar refractivity (Wildman–Crippen MR) is 130 cm³/mol. The maximum Gasteiger partial charge on any atom is 0.262 e. The normalized spacial score (nSPS) is 20.2. The van der Waals surface area contributed by atoms with E-state index in [1.807, 2.05) is 65.0 Å². The van der Waals surface area contributed by atoms with Crippen molar-refractivity contribution in [3.05, 3.63) is 88.6 Å². The zero-order valence-corrected chi connectivity index (χ0v) is 18.7. The maximum atomic E-state index is 12.6. The Hall–Kier alpha value is -3.23. The summed E-state index contributed by atoms with van der Waals surface area (Å²) < 4.78 is 0. The van der Waals surface area contributed by atoms with Crippen LogP contribution in [0.1, 0.15) is 29.3 Å². The third-order valence-corrected chi connectivity index (χ3v) is 7.31. The highest BCUT2D eigenvalue weighted by atomic mass is 32.2. The Bertz CT molecular complexity index is 1180. The quantitative estimate of drug-likeness (QED) is 0.586. The van der Waals surface area contributed by atoms with Crippen LogP contribution < -0.4 is 5.32 Å². The Labute approximate surface area is 194 Å². The zero-order valence-electron chi connectivity index (χ0n) is 17.0. The average molecular weight is 461 g/mol. The lowest BCUT2D eigenvalue weighted by molar-refractivity contribution is -0.121. The van der Waals surface area contributed by atoms with Crippen LogP contribution in [0.4, 0.5) is 5.69 Å². The first kappa shape index (κ1) is 20.7. The summed E-state index contributed by atoms with van der Waals surface area (Å²) in [4.78, 5) is 30.5. The first-order valence-corrected chi connectivity index (χ1v) is 12.0. The molecule has 0 radical (unpaired) electrons. The van der Waals surface area contributed by atoms with Crippen molar-refractivity contribution in [3.63, 3.8) is 0 Å². The van der Waals surface area contributed by atoms with Gasteiger partial charge < -0.3 is 5.32 Å². The molecule has 6 nitrogen and oxygen atoms in total. The minimum absolute atomic E-state index is 0.0377. The molecule has 3 aromatic rings. The largest absolute Gasteiger partial charge is 0.326 e. The van der Waals surface area contributed by atoms with Crippen LogP contribution in [0.15, 0.2) is 88.3 Å². The topological polar surface area (TPSA) is 74.1 Å². The molecule has 3 heterocycles. The molecule has 2 atom stereocenters. The summed E-state index contributed by atoms with van der Waals surface area (Å²) >= 11 is 2.96. The van der Waals surface area contributed by atoms with E-state index in [0.29, 0.717) is 10.9 Å². The Morgan fingerprint density at radius 1 is 1.03 bits per heavy atom. The number of carbonyl (C=O) groups is 2. The van der Waals surface area contributed by atoms with Crippen molar-refractivity contribution in [3.8, 4) is 0 Å². The van der Waals surface area contributed by atoms with Crippen molar-refractivity contribution in [2.24, 2.45) is 10.1 Å². The summed E-state index contributed by atoms with van der Waals surface area (Å²) in [5.41, 5.74) is 2.81. The van der Waals surface area contributed by atoms with E-state index in [4.69, 9.17) is 5.10 Å². The molecule has 2 aliphatic rings. The van der Waals surface area contributed by atoms with E-state index < -0.39 is 5.25 Å². The van der Waals surface area contributed by atoms with E-state index >= 15 is 0 Å². The minimum atomic E-state index is -0.550. The lowest BCUT2D eigenvalue weighted by Crippen LogP contribution is -2.25. The summed E-state index contributed by atoms with van der Waals surface area (Å²) in [6.07, 6.45) is 0.800. The van der Waals surface area contributed by atoms with Crippen LogP contribution in [0.25, 0.3) is 0 Å². The van der Waals surface area contributed by atoms with Gasteiger partial charge >= 0.3 is 0 Å². The number of thioether (sulfide) groups is 1. The van der Waals surface area contributed by atoms with Crippen molar-refractivity contribution in [1.82, 2.24) is 5.01 Å². The van der Waals surface area contributed by atoms with Crippen molar-refractivity contribution in [2.45, 2.75) is 24.1 Å². The van der Waals surface area contributed by atoms with Crippen molar-refractivity contribution >= 4 is 51.5 Å². The van der Waals surface area contributed by atoms with Crippen molar-refractivity contribution in [2.75, 3.05) is 5.32 Å². The number of para-hydroxylation sites is 1. The number of hydrazone groups is 1. The van der Waals surface area contributed by atoms with E-state index in [2.05, 4.69) is 28.5 Å². The molecule has 1 N–H and O–H groups in total. The van der Waals surface area contributed by atoms with E-state index in [9.17, 15) is 9.59 Å². The molecule has 1 aromatic heterocycles. The number of amidine groups is 1. The van der Waals surface area contributed by atoms with Gasteiger partial charge in [-0.3, -0.25) is 9.59 Å². The van der Waals surface area contributed by atoms with Gasteiger partial charge in [-0.15, -0.1) is 11.3 Å².